The molecule has 0 heterocycles. The van der Waals surface area contributed by atoms with Gasteiger partial charge in [-0.2, -0.15) is 8.78 Å². The van der Waals surface area contributed by atoms with Gasteiger partial charge in [0.05, 0.1) is 16.7 Å². The third-order valence-electron chi connectivity index (χ3n) is 4.89. The number of hydrogen-bond acceptors (Lipinski definition) is 4. The van der Waals surface area contributed by atoms with Crippen molar-refractivity contribution in [1.29, 1.82) is 0 Å². The SMILES string of the molecule is CCCCOc1c(Cl)cc(C(C)(C)c2ccc(OC(F)(F)C(=O)COC)cc2)cc1Cl. The van der Waals surface area contributed by atoms with Crippen LogP contribution in [0.2, 0.25) is 10.0 Å². The first kappa shape index (κ1) is 25.4. The summed E-state index contributed by atoms with van der Waals surface area (Å²) < 4.78 is 42.4. The van der Waals surface area contributed by atoms with Crippen LogP contribution in [-0.4, -0.2) is 32.2 Å². The average molecular weight is 475 g/mol. The van der Waals surface area contributed by atoms with E-state index in [4.69, 9.17) is 27.9 Å². The van der Waals surface area contributed by atoms with E-state index in [1.165, 1.54) is 12.1 Å². The van der Waals surface area contributed by atoms with Gasteiger partial charge in [-0.05, 0) is 41.8 Å². The Kier molecular flexibility index (Phi) is 8.69. The fourth-order valence-electron chi connectivity index (χ4n) is 2.90. The lowest BCUT2D eigenvalue weighted by Crippen LogP contribution is -2.37. The molecule has 0 fully saturated rings. The Bertz CT molecular complexity index is 876. The number of carbonyl (C=O) groups is 1. The number of carbonyl (C=O) groups excluding carboxylic acids is 1. The molecule has 31 heavy (non-hydrogen) atoms. The molecule has 0 amide bonds. The molecule has 4 nitrogen and oxygen atoms in total. The average Bonchev–Trinajstić information content (AvgIpc) is 2.70. The first-order valence-corrected chi connectivity index (χ1v) is 10.6. The molecule has 0 atom stereocenters. The van der Waals surface area contributed by atoms with Gasteiger partial charge < -0.3 is 14.2 Å². The number of halogens is 4. The molecule has 2 rings (SSSR count). The van der Waals surface area contributed by atoms with Crippen LogP contribution in [0, 0.1) is 0 Å². The molecule has 2 aromatic carbocycles. The monoisotopic (exact) mass is 474 g/mol. The van der Waals surface area contributed by atoms with Crippen LogP contribution in [0.1, 0.15) is 44.7 Å². The van der Waals surface area contributed by atoms with Crippen molar-refractivity contribution in [3.8, 4) is 11.5 Å². The van der Waals surface area contributed by atoms with E-state index in [1.54, 1.807) is 24.3 Å². The number of ketones is 1. The highest BCUT2D eigenvalue weighted by Gasteiger charge is 2.41. The molecule has 0 N–H and O–H groups in total. The summed E-state index contributed by atoms with van der Waals surface area (Å²) >= 11 is 12.8. The standard InChI is InChI=1S/C23H26Cl2F2O4/c1-5-6-11-30-21-18(24)12-16(13-19(21)25)22(2,3)15-7-9-17(10-8-15)31-23(26,27)20(28)14-29-4/h7-10,12-13H,5-6,11,14H2,1-4H3. The molecule has 2 aromatic rings. The van der Waals surface area contributed by atoms with Crippen molar-refractivity contribution in [2.24, 2.45) is 0 Å². The van der Waals surface area contributed by atoms with Crippen molar-refractivity contribution in [2.45, 2.75) is 45.1 Å². The minimum Gasteiger partial charge on any atom is -0.490 e. The lowest BCUT2D eigenvalue weighted by molar-refractivity contribution is -0.193. The van der Waals surface area contributed by atoms with Gasteiger partial charge in [0.1, 0.15) is 12.4 Å². The number of unbranched alkanes of at least 4 members (excludes halogenated alkanes) is 1. The second-order valence-electron chi connectivity index (χ2n) is 7.60. The van der Waals surface area contributed by atoms with E-state index >= 15 is 0 Å². The number of hydrogen-bond donors (Lipinski definition) is 0. The molecule has 0 spiro atoms. The molecule has 0 aliphatic heterocycles. The highest BCUT2D eigenvalue weighted by Crippen LogP contribution is 2.41. The number of benzene rings is 2. The van der Waals surface area contributed by atoms with Crippen LogP contribution < -0.4 is 9.47 Å². The molecule has 0 radical (unpaired) electrons. The highest BCUT2D eigenvalue weighted by atomic mass is 35.5. The number of Topliss-reactive ketones (excluding diaryl/α,β-unsaturated/α-hetero) is 1. The molecule has 8 heteroatoms. The van der Waals surface area contributed by atoms with Gasteiger partial charge in [0.15, 0.2) is 5.75 Å². The largest absolute Gasteiger partial charge is 0.490 e. The summed E-state index contributed by atoms with van der Waals surface area (Å²) in [5.74, 6) is -1.14. The summed E-state index contributed by atoms with van der Waals surface area (Å²) in [6.45, 7) is 5.76. The maximum Gasteiger partial charge on any atom is 0.463 e. The second kappa shape index (κ2) is 10.6. The molecule has 0 saturated carbocycles. The first-order chi connectivity index (χ1) is 14.5. The van der Waals surface area contributed by atoms with Crippen molar-refractivity contribution < 1.29 is 27.8 Å². The Morgan fingerprint density at radius 2 is 1.61 bits per heavy atom. The molecule has 170 valence electrons. The number of rotatable bonds is 11. The van der Waals surface area contributed by atoms with E-state index in [-0.39, 0.29) is 5.75 Å². The number of methoxy groups -OCH3 is 1. The van der Waals surface area contributed by atoms with E-state index in [2.05, 4.69) is 16.4 Å². The van der Waals surface area contributed by atoms with Gasteiger partial charge in [-0.3, -0.25) is 4.79 Å². The van der Waals surface area contributed by atoms with Crippen molar-refractivity contribution in [3.63, 3.8) is 0 Å². The summed E-state index contributed by atoms with van der Waals surface area (Å²) in [5.41, 5.74) is 1.11. The zero-order valence-corrected chi connectivity index (χ0v) is 19.4. The zero-order chi connectivity index (χ0) is 23.2. The van der Waals surface area contributed by atoms with Crippen LogP contribution in [0.5, 0.6) is 11.5 Å². The zero-order valence-electron chi connectivity index (χ0n) is 17.9. The molecular weight excluding hydrogens is 449 g/mol. The fraction of sp³-hybridized carbons (Fsp3) is 0.435. The van der Waals surface area contributed by atoms with Crippen molar-refractivity contribution in [2.75, 3.05) is 20.3 Å². The Labute approximate surface area is 191 Å². The maximum absolute atomic E-state index is 13.8. The van der Waals surface area contributed by atoms with Gasteiger partial charge in [0.2, 0.25) is 0 Å². The smallest absolute Gasteiger partial charge is 0.463 e. The minimum atomic E-state index is -3.97. The molecule has 0 saturated heterocycles. The highest BCUT2D eigenvalue weighted by molar-refractivity contribution is 6.37. The molecule has 0 aliphatic carbocycles. The predicted octanol–water partition coefficient (Wildman–Crippen LogP) is 6.69. The maximum atomic E-state index is 13.8. The van der Waals surface area contributed by atoms with Crippen LogP contribution in [0.25, 0.3) is 0 Å². The lowest BCUT2D eigenvalue weighted by Gasteiger charge is -2.27. The second-order valence-corrected chi connectivity index (χ2v) is 8.41. The Morgan fingerprint density at radius 3 is 2.13 bits per heavy atom. The molecule has 0 bridgehead atoms. The minimum absolute atomic E-state index is 0.135. The van der Waals surface area contributed by atoms with Crippen molar-refractivity contribution in [3.05, 3.63) is 57.6 Å². The van der Waals surface area contributed by atoms with Crippen LogP contribution in [0.4, 0.5) is 8.78 Å². The van der Waals surface area contributed by atoms with Gasteiger partial charge in [-0.15, -0.1) is 0 Å². The molecular formula is C23H26Cl2F2O4. The van der Waals surface area contributed by atoms with Crippen LogP contribution >= 0.6 is 23.2 Å². The van der Waals surface area contributed by atoms with Crippen LogP contribution in [0.15, 0.2) is 36.4 Å². The Balaban J connectivity index is 2.23. The third-order valence-corrected chi connectivity index (χ3v) is 5.45. The van der Waals surface area contributed by atoms with E-state index in [0.717, 1.165) is 31.1 Å². The first-order valence-electron chi connectivity index (χ1n) is 9.84. The quantitative estimate of drug-likeness (QED) is 0.340. The predicted molar refractivity (Wildman–Crippen MR) is 118 cm³/mol. The molecule has 0 unspecified atom stereocenters. The van der Waals surface area contributed by atoms with Gasteiger partial charge in [-0.1, -0.05) is 62.5 Å². The van der Waals surface area contributed by atoms with Gasteiger partial charge in [0, 0.05) is 12.5 Å². The van der Waals surface area contributed by atoms with Crippen molar-refractivity contribution in [1.82, 2.24) is 0 Å². The van der Waals surface area contributed by atoms with Crippen molar-refractivity contribution >= 4 is 29.0 Å². The fourth-order valence-corrected chi connectivity index (χ4v) is 3.50. The number of alkyl halides is 2. The summed E-state index contributed by atoms with van der Waals surface area (Å²) in [6, 6.07) is 9.65. The summed E-state index contributed by atoms with van der Waals surface area (Å²) in [5, 5.41) is 0.811. The Hall–Kier alpha value is -1.89. The normalized spacial score (nSPS) is 12.0. The summed E-state index contributed by atoms with van der Waals surface area (Å²) in [4.78, 5) is 11.4. The lowest BCUT2D eigenvalue weighted by atomic mass is 9.78. The Morgan fingerprint density at radius 1 is 1.03 bits per heavy atom. The van der Waals surface area contributed by atoms with Gasteiger partial charge in [0.25, 0.3) is 5.78 Å². The van der Waals surface area contributed by atoms with E-state index < -0.39 is 23.9 Å². The topological polar surface area (TPSA) is 44.8 Å². The summed E-state index contributed by atoms with van der Waals surface area (Å²) in [7, 11) is 1.16. The number of ether oxygens (including phenoxy) is 3. The van der Waals surface area contributed by atoms with E-state index in [0.29, 0.717) is 22.4 Å². The summed E-state index contributed by atoms with van der Waals surface area (Å²) in [6.07, 6.45) is -2.08. The van der Waals surface area contributed by atoms with E-state index in [1.807, 2.05) is 13.8 Å². The molecule has 0 aliphatic rings. The van der Waals surface area contributed by atoms with Gasteiger partial charge >= 0.3 is 6.11 Å². The van der Waals surface area contributed by atoms with Crippen LogP contribution in [-0.2, 0) is 14.9 Å². The van der Waals surface area contributed by atoms with Gasteiger partial charge in [-0.25, -0.2) is 0 Å². The van der Waals surface area contributed by atoms with E-state index in [9.17, 15) is 13.6 Å². The third kappa shape index (κ3) is 6.31. The molecule has 0 aromatic heterocycles. The van der Waals surface area contributed by atoms with Crippen LogP contribution in [0.3, 0.4) is 0 Å².